The number of hydrogen-bond acceptors (Lipinski definition) is 2. The summed E-state index contributed by atoms with van der Waals surface area (Å²) in [7, 11) is 0. The largest absolute Gasteiger partial charge is 0.381 e. The molecule has 0 saturated carbocycles. The second kappa shape index (κ2) is 9.67. The highest BCUT2D eigenvalue weighted by Gasteiger charge is 2.25. The predicted octanol–water partition coefficient (Wildman–Crippen LogP) is 6.94. The summed E-state index contributed by atoms with van der Waals surface area (Å²) in [6.45, 7) is 3.91. The van der Waals surface area contributed by atoms with Crippen LogP contribution in [0.2, 0.25) is 0 Å². The SMILES string of the molecule is CCOCC1CCC(c2ccc(-c3ccc(-c4cccc(F)c4F)cc3)cc2F)OC1. The van der Waals surface area contributed by atoms with Crippen molar-refractivity contribution < 1.29 is 22.6 Å². The van der Waals surface area contributed by atoms with Gasteiger partial charge in [-0.25, -0.2) is 13.2 Å². The maximum absolute atomic E-state index is 14.9. The minimum atomic E-state index is -0.881. The maximum Gasteiger partial charge on any atom is 0.166 e. The van der Waals surface area contributed by atoms with Gasteiger partial charge in [0, 0.05) is 23.7 Å². The molecular weight excluding hydrogens is 401 g/mol. The second-order valence-electron chi connectivity index (χ2n) is 7.84. The molecule has 3 aromatic rings. The Labute approximate surface area is 180 Å². The first-order valence-corrected chi connectivity index (χ1v) is 10.6. The van der Waals surface area contributed by atoms with Crippen molar-refractivity contribution in [3.05, 3.63) is 83.7 Å². The molecule has 162 valence electrons. The Bertz CT molecular complexity index is 1030. The highest BCUT2D eigenvalue weighted by molar-refractivity contribution is 5.71. The molecule has 0 aliphatic carbocycles. The minimum absolute atomic E-state index is 0.199. The Balaban J connectivity index is 1.48. The molecular formula is C26H25F3O2. The average Bonchev–Trinajstić information content (AvgIpc) is 2.80. The summed E-state index contributed by atoms with van der Waals surface area (Å²) < 4.78 is 53.7. The zero-order valence-electron chi connectivity index (χ0n) is 17.4. The quantitative estimate of drug-likeness (QED) is 0.425. The lowest BCUT2D eigenvalue weighted by molar-refractivity contribution is -0.0433. The smallest absolute Gasteiger partial charge is 0.166 e. The zero-order valence-corrected chi connectivity index (χ0v) is 17.4. The molecule has 2 nitrogen and oxygen atoms in total. The zero-order chi connectivity index (χ0) is 21.8. The summed E-state index contributed by atoms with van der Waals surface area (Å²) in [5, 5.41) is 0. The monoisotopic (exact) mass is 426 g/mol. The first kappa shape index (κ1) is 21.6. The third kappa shape index (κ3) is 4.83. The van der Waals surface area contributed by atoms with Crippen LogP contribution in [0.4, 0.5) is 13.2 Å². The standard InChI is InChI=1S/C26H25F3O2/c1-2-30-15-17-6-13-25(31-16-17)22-12-11-20(14-24(22)28)18-7-9-19(10-8-18)21-4-3-5-23(27)26(21)29/h3-5,7-12,14,17,25H,2,6,13,15-16H2,1H3. The number of benzene rings is 3. The van der Waals surface area contributed by atoms with Gasteiger partial charge in [0.2, 0.25) is 0 Å². The third-order valence-electron chi connectivity index (χ3n) is 5.76. The molecule has 1 aliphatic rings. The van der Waals surface area contributed by atoms with Crippen LogP contribution in [0.3, 0.4) is 0 Å². The van der Waals surface area contributed by atoms with Crippen molar-refractivity contribution in [2.75, 3.05) is 19.8 Å². The fourth-order valence-corrected chi connectivity index (χ4v) is 4.00. The van der Waals surface area contributed by atoms with E-state index in [1.54, 1.807) is 30.3 Å². The lowest BCUT2D eigenvalue weighted by Gasteiger charge is -2.29. The van der Waals surface area contributed by atoms with E-state index in [0.717, 1.165) is 30.0 Å². The lowest BCUT2D eigenvalue weighted by Crippen LogP contribution is -2.24. The van der Waals surface area contributed by atoms with Crippen LogP contribution in [0.5, 0.6) is 0 Å². The summed E-state index contributed by atoms with van der Waals surface area (Å²) in [6.07, 6.45) is 1.47. The molecule has 1 heterocycles. The van der Waals surface area contributed by atoms with Gasteiger partial charge in [0.05, 0.1) is 19.3 Å². The topological polar surface area (TPSA) is 18.5 Å². The van der Waals surface area contributed by atoms with Gasteiger partial charge in [0.1, 0.15) is 5.82 Å². The van der Waals surface area contributed by atoms with E-state index < -0.39 is 11.6 Å². The van der Waals surface area contributed by atoms with Gasteiger partial charge in [-0.1, -0.05) is 48.5 Å². The molecule has 5 heteroatoms. The van der Waals surface area contributed by atoms with Crippen LogP contribution < -0.4 is 0 Å². The summed E-state index contributed by atoms with van der Waals surface area (Å²) in [6, 6.07) is 16.2. The molecule has 3 aromatic carbocycles. The normalized spacial score (nSPS) is 18.8. The van der Waals surface area contributed by atoms with Gasteiger partial charge < -0.3 is 9.47 Å². The number of ether oxygens (including phenoxy) is 2. The van der Waals surface area contributed by atoms with Crippen LogP contribution in [-0.4, -0.2) is 19.8 Å². The fraction of sp³-hybridized carbons (Fsp3) is 0.308. The highest BCUT2D eigenvalue weighted by Crippen LogP contribution is 2.34. The molecule has 0 spiro atoms. The first-order chi connectivity index (χ1) is 15.1. The second-order valence-corrected chi connectivity index (χ2v) is 7.84. The van der Waals surface area contributed by atoms with E-state index in [1.165, 1.54) is 18.2 Å². The van der Waals surface area contributed by atoms with Crippen molar-refractivity contribution in [1.82, 2.24) is 0 Å². The van der Waals surface area contributed by atoms with E-state index in [2.05, 4.69) is 0 Å². The van der Waals surface area contributed by atoms with Crippen LogP contribution in [-0.2, 0) is 9.47 Å². The fourth-order valence-electron chi connectivity index (χ4n) is 4.00. The molecule has 2 atom stereocenters. The molecule has 0 amide bonds. The van der Waals surface area contributed by atoms with Gasteiger partial charge in [0.15, 0.2) is 11.6 Å². The van der Waals surface area contributed by atoms with Gasteiger partial charge in [-0.15, -0.1) is 0 Å². The number of hydrogen-bond donors (Lipinski definition) is 0. The molecule has 2 unspecified atom stereocenters. The lowest BCUT2D eigenvalue weighted by atomic mass is 9.93. The highest BCUT2D eigenvalue weighted by atomic mass is 19.2. The number of rotatable bonds is 6. The first-order valence-electron chi connectivity index (χ1n) is 10.6. The van der Waals surface area contributed by atoms with Gasteiger partial charge >= 0.3 is 0 Å². The van der Waals surface area contributed by atoms with Gasteiger partial charge in [-0.05, 0) is 48.6 Å². The third-order valence-corrected chi connectivity index (χ3v) is 5.76. The van der Waals surface area contributed by atoms with E-state index in [0.29, 0.717) is 36.9 Å². The average molecular weight is 426 g/mol. The summed E-state index contributed by atoms with van der Waals surface area (Å²) in [4.78, 5) is 0. The van der Waals surface area contributed by atoms with Gasteiger partial charge in [-0.3, -0.25) is 0 Å². The predicted molar refractivity (Wildman–Crippen MR) is 115 cm³/mol. The molecule has 31 heavy (non-hydrogen) atoms. The van der Waals surface area contributed by atoms with Crippen LogP contribution in [0.1, 0.15) is 31.4 Å². The molecule has 1 fully saturated rings. The van der Waals surface area contributed by atoms with Crippen LogP contribution in [0, 0.1) is 23.4 Å². The van der Waals surface area contributed by atoms with Gasteiger partial charge in [0.25, 0.3) is 0 Å². The number of halogens is 3. The van der Waals surface area contributed by atoms with Crippen molar-refractivity contribution in [3.63, 3.8) is 0 Å². The van der Waals surface area contributed by atoms with E-state index in [9.17, 15) is 13.2 Å². The van der Waals surface area contributed by atoms with Crippen molar-refractivity contribution in [2.24, 2.45) is 5.92 Å². The molecule has 1 aliphatic heterocycles. The Morgan fingerprint density at radius 1 is 0.871 bits per heavy atom. The van der Waals surface area contributed by atoms with Crippen molar-refractivity contribution in [2.45, 2.75) is 25.9 Å². The van der Waals surface area contributed by atoms with E-state index in [1.807, 2.05) is 13.0 Å². The van der Waals surface area contributed by atoms with Crippen LogP contribution >= 0.6 is 0 Å². The van der Waals surface area contributed by atoms with Crippen molar-refractivity contribution in [1.29, 1.82) is 0 Å². The Hall–Kier alpha value is -2.63. The van der Waals surface area contributed by atoms with Gasteiger partial charge in [-0.2, -0.15) is 0 Å². The van der Waals surface area contributed by atoms with E-state index in [4.69, 9.17) is 9.47 Å². The minimum Gasteiger partial charge on any atom is -0.381 e. The van der Waals surface area contributed by atoms with Crippen molar-refractivity contribution >= 4 is 0 Å². The molecule has 0 radical (unpaired) electrons. The maximum atomic E-state index is 14.9. The van der Waals surface area contributed by atoms with Crippen LogP contribution in [0.15, 0.2) is 60.7 Å². The van der Waals surface area contributed by atoms with Crippen LogP contribution in [0.25, 0.3) is 22.3 Å². The molecule has 0 bridgehead atoms. The summed E-state index contributed by atoms with van der Waals surface area (Å²) in [5.41, 5.74) is 2.85. The Morgan fingerprint density at radius 3 is 2.29 bits per heavy atom. The van der Waals surface area contributed by atoms with E-state index >= 15 is 0 Å². The molecule has 1 saturated heterocycles. The van der Waals surface area contributed by atoms with Crippen molar-refractivity contribution in [3.8, 4) is 22.3 Å². The molecule has 0 aromatic heterocycles. The van der Waals surface area contributed by atoms with E-state index in [-0.39, 0.29) is 17.5 Å². The molecule has 0 N–H and O–H groups in total. The molecule has 4 rings (SSSR count). The summed E-state index contributed by atoms with van der Waals surface area (Å²) >= 11 is 0. The summed E-state index contributed by atoms with van der Waals surface area (Å²) in [5.74, 6) is -1.69. The Morgan fingerprint density at radius 2 is 1.61 bits per heavy atom. The Kier molecular flexibility index (Phi) is 6.73.